The Labute approximate surface area is 121 Å². The average Bonchev–Trinajstić information content (AvgIpc) is 2.35. The molecule has 0 atom stereocenters. The van der Waals surface area contributed by atoms with E-state index >= 15 is 0 Å². The molecule has 0 aliphatic rings. The Morgan fingerprint density at radius 1 is 1.35 bits per heavy atom. The smallest absolute Gasteiger partial charge is 0.241 e. The van der Waals surface area contributed by atoms with Crippen molar-refractivity contribution in [3.05, 3.63) is 29.3 Å². The minimum Gasteiger partial charge on any atom is -0.384 e. The Hall–Kier alpha value is -1.35. The fourth-order valence-corrected chi connectivity index (χ4v) is 2.86. The summed E-state index contributed by atoms with van der Waals surface area (Å²) in [6.45, 7) is 6.05. The van der Waals surface area contributed by atoms with E-state index in [4.69, 9.17) is 5.11 Å². The molecule has 0 unspecified atom stereocenters. The summed E-state index contributed by atoms with van der Waals surface area (Å²) in [6, 6.07) is 5.00. The fraction of sp³-hybridized carbons (Fsp3) is 0.467. The molecule has 1 aromatic carbocycles. The predicted molar refractivity (Wildman–Crippen MR) is 79.8 cm³/mol. The number of nitrogens with one attached hydrogen (secondary N) is 1. The zero-order valence-corrected chi connectivity index (χ0v) is 12.9. The second kappa shape index (κ2) is 7.44. The molecule has 5 heteroatoms. The van der Waals surface area contributed by atoms with Gasteiger partial charge in [-0.1, -0.05) is 31.8 Å². The first kappa shape index (κ1) is 16.7. The van der Waals surface area contributed by atoms with E-state index in [-0.39, 0.29) is 11.5 Å². The monoisotopic (exact) mass is 295 g/mol. The number of rotatable bonds is 5. The molecular weight excluding hydrogens is 274 g/mol. The summed E-state index contributed by atoms with van der Waals surface area (Å²) in [5.41, 5.74) is 1.34. The zero-order valence-electron chi connectivity index (χ0n) is 12.1. The lowest BCUT2D eigenvalue weighted by Crippen LogP contribution is -2.26. The van der Waals surface area contributed by atoms with Crippen LogP contribution in [0.3, 0.4) is 0 Å². The van der Waals surface area contributed by atoms with Gasteiger partial charge in [-0.3, -0.25) is 0 Å². The lowest BCUT2D eigenvalue weighted by Gasteiger charge is -2.10. The standard InChI is InChI=1S/C15H21NO3S/c1-12(2)8-9-16-20(18,19)15-7-6-13(3)11-14(15)5-4-10-17/h6-7,11-12,16-17H,8-10H2,1-3H3. The van der Waals surface area contributed by atoms with Gasteiger partial charge in [0.2, 0.25) is 10.0 Å². The van der Waals surface area contributed by atoms with Gasteiger partial charge in [0.15, 0.2) is 0 Å². The molecule has 4 nitrogen and oxygen atoms in total. The van der Waals surface area contributed by atoms with E-state index in [9.17, 15) is 8.42 Å². The van der Waals surface area contributed by atoms with Crippen LogP contribution in [0.5, 0.6) is 0 Å². The zero-order chi connectivity index (χ0) is 15.2. The normalized spacial score (nSPS) is 11.2. The maximum Gasteiger partial charge on any atom is 0.241 e. The molecule has 0 aromatic heterocycles. The summed E-state index contributed by atoms with van der Waals surface area (Å²) >= 11 is 0. The van der Waals surface area contributed by atoms with Crippen LogP contribution >= 0.6 is 0 Å². The molecule has 0 bridgehead atoms. The van der Waals surface area contributed by atoms with Gasteiger partial charge in [-0.05, 0) is 37.0 Å². The van der Waals surface area contributed by atoms with Crippen LogP contribution in [0.15, 0.2) is 23.1 Å². The molecule has 0 saturated heterocycles. The SMILES string of the molecule is Cc1ccc(S(=O)(=O)NCCC(C)C)c(C#CCO)c1. The molecule has 0 fully saturated rings. The molecule has 2 N–H and O–H groups in total. The highest BCUT2D eigenvalue weighted by atomic mass is 32.2. The summed E-state index contributed by atoms with van der Waals surface area (Å²) in [4.78, 5) is 0.160. The molecule has 0 saturated carbocycles. The number of aliphatic hydroxyl groups excluding tert-OH is 1. The minimum absolute atomic E-state index is 0.160. The molecule has 0 aliphatic heterocycles. The van der Waals surface area contributed by atoms with Crippen molar-refractivity contribution < 1.29 is 13.5 Å². The Kier molecular flexibility index (Phi) is 6.21. The number of hydrogen-bond acceptors (Lipinski definition) is 3. The van der Waals surface area contributed by atoms with Gasteiger partial charge < -0.3 is 5.11 Å². The van der Waals surface area contributed by atoms with Crippen LogP contribution in [-0.2, 0) is 10.0 Å². The topological polar surface area (TPSA) is 66.4 Å². The molecule has 20 heavy (non-hydrogen) atoms. The Morgan fingerprint density at radius 3 is 2.65 bits per heavy atom. The third-order valence-corrected chi connectivity index (χ3v) is 4.26. The summed E-state index contributed by atoms with van der Waals surface area (Å²) in [6.07, 6.45) is 0.780. The van der Waals surface area contributed by atoms with Gasteiger partial charge in [0.25, 0.3) is 0 Å². The molecule has 0 spiro atoms. The maximum absolute atomic E-state index is 12.3. The minimum atomic E-state index is -3.57. The Balaban J connectivity index is 3.05. The first-order valence-corrected chi connectivity index (χ1v) is 8.05. The van der Waals surface area contributed by atoms with E-state index in [1.54, 1.807) is 18.2 Å². The third-order valence-electron chi connectivity index (χ3n) is 2.74. The fourth-order valence-electron chi connectivity index (χ4n) is 1.67. The first-order valence-electron chi connectivity index (χ1n) is 6.57. The van der Waals surface area contributed by atoms with Gasteiger partial charge in [0.1, 0.15) is 6.61 Å². The van der Waals surface area contributed by atoms with Crippen LogP contribution in [0.2, 0.25) is 0 Å². The Bertz CT molecular complexity index is 610. The van der Waals surface area contributed by atoms with Crippen molar-refractivity contribution in [3.63, 3.8) is 0 Å². The second-order valence-electron chi connectivity index (χ2n) is 5.04. The highest BCUT2D eigenvalue weighted by Gasteiger charge is 2.17. The van der Waals surface area contributed by atoms with E-state index in [0.29, 0.717) is 18.0 Å². The molecule has 1 rings (SSSR count). The van der Waals surface area contributed by atoms with Gasteiger partial charge >= 0.3 is 0 Å². The summed E-state index contributed by atoms with van der Waals surface area (Å²) in [5, 5.41) is 8.75. The van der Waals surface area contributed by atoms with E-state index in [1.165, 1.54) is 0 Å². The summed E-state index contributed by atoms with van der Waals surface area (Å²) in [7, 11) is -3.57. The van der Waals surface area contributed by atoms with Crippen LogP contribution in [0.4, 0.5) is 0 Å². The van der Waals surface area contributed by atoms with Crippen molar-refractivity contribution in [1.82, 2.24) is 4.72 Å². The van der Waals surface area contributed by atoms with Gasteiger partial charge in [0, 0.05) is 12.1 Å². The van der Waals surface area contributed by atoms with Crippen molar-refractivity contribution in [2.24, 2.45) is 5.92 Å². The highest BCUT2D eigenvalue weighted by Crippen LogP contribution is 2.16. The molecular formula is C15H21NO3S. The van der Waals surface area contributed by atoms with Crippen molar-refractivity contribution in [1.29, 1.82) is 0 Å². The molecule has 0 radical (unpaired) electrons. The van der Waals surface area contributed by atoms with Crippen molar-refractivity contribution in [3.8, 4) is 11.8 Å². The van der Waals surface area contributed by atoms with E-state index in [2.05, 4.69) is 16.6 Å². The number of aryl methyl sites for hydroxylation is 1. The first-order chi connectivity index (χ1) is 9.36. The van der Waals surface area contributed by atoms with Gasteiger partial charge in [-0.25, -0.2) is 13.1 Å². The maximum atomic E-state index is 12.3. The molecule has 0 amide bonds. The van der Waals surface area contributed by atoms with Gasteiger partial charge in [-0.2, -0.15) is 0 Å². The molecule has 110 valence electrons. The molecule has 0 heterocycles. The van der Waals surface area contributed by atoms with Gasteiger partial charge in [-0.15, -0.1) is 0 Å². The lowest BCUT2D eigenvalue weighted by molar-refractivity contribution is 0.350. The largest absolute Gasteiger partial charge is 0.384 e. The van der Waals surface area contributed by atoms with Crippen LogP contribution < -0.4 is 4.72 Å². The summed E-state index contributed by atoms with van der Waals surface area (Å²) in [5.74, 6) is 5.62. The van der Waals surface area contributed by atoms with E-state index in [0.717, 1.165) is 12.0 Å². The van der Waals surface area contributed by atoms with E-state index in [1.807, 2.05) is 20.8 Å². The van der Waals surface area contributed by atoms with Crippen molar-refractivity contribution in [2.45, 2.75) is 32.1 Å². The number of aliphatic hydroxyl groups is 1. The molecule has 0 aliphatic carbocycles. The van der Waals surface area contributed by atoms with Crippen molar-refractivity contribution in [2.75, 3.05) is 13.2 Å². The van der Waals surface area contributed by atoms with Crippen LogP contribution in [0, 0.1) is 24.7 Å². The van der Waals surface area contributed by atoms with Crippen molar-refractivity contribution >= 4 is 10.0 Å². The number of hydrogen-bond donors (Lipinski definition) is 2. The molecule has 1 aromatic rings. The number of benzene rings is 1. The van der Waals surface area contributed by atoms with Crippen LogP contribution in [0.25, 0.3) is 0 Å². The third kappa shape index (κ3) is 4.97. The van der Waals surface area contributed by atoms with E-state index < -0.39 is 10.0 Å². The second-order valence-corrected chi connectivity index (χ2v) is 6.78. The lowest BCUT2D eigenvalue weighted by atomic mass is 10.1. The summed E-state index contributed by atoms with van der Waals surface area (Å²) < 4.78 is 27.1. The quantitative estimate of drug-likeness (QED) is 0.812. The highest BCUT2D eigenvalue weighted by molar-refractivity contribution is 7.89. The van der Waals surface area contributed by atoms with Crippen LogP contribution in [0.1, 0.15) is 31.4 Å². The Morgan fingerprint density at radius 2 is 2.05 bits per heavy atom. The number of sulfonamides is 1. The van der Waals surface area contributed by atoms with Crippen LogP contribution in [-0.4, -0.2) is 26.7 Å². The average molecular weight is 295 g/mol. The predicted octanol–water partition coefficient (Wildman–Crippen LogP) is 1.66. The van der Waals surface area contributed by atoms with Gasteiger partial charge in [0.05, 0.1) is 4.90 Å².